The van der Waals surface area contributed by atoms with E-state index in [-0.39, 0.29) is 18.5 Å². The number of esters is 1. The maximum atomic E-state index is 12.7. The topological polar surface area (TPSA) is 63.6 Å². The predicted molar refractivity (Wildman–Crippen MR) is 213 cm³/mol. The highest BCUT2D eigenvalue weighted by Crippen LogP contribution is 2.16. The number of rotatable bonds is 39. The summed E-state index contributed by atoms with van der Waals surface area (Å²) in [6, 6.07) is 0. The second-order valence-electron chi connectivity index (χ2n) is 14.5. The molecule has 0 aromatic heterocycles. The molecule has 0 spiro atoms. The fraction of sp³-hybridized carbons (Fsp3) is 0.822. The molecule has 286 valence electrons. The molecular formula is C45H82O4. The summed E-state index contributed by atoms with van der Waals surface area (Å²) in [4.78, 5) is 23.3. The van der Waals surface area contributed by atoms with Gasteiger partial charge in [-0.1, -0.05) is 179 Å². The smallest absolute Gasteiger partial charge is 0.306 e. The van der Waals surface area contributed by atoms with Crippen molar-refractivity contribution in [1.29, 1.82) is 0 Å². The van der Waals surface area contributed by atoms with Crippen LogP contribution >= 0.6 is 0 Å². The van der Waals surface area contributed by atoms with E-state index in [9.17, 15) is 9.59 Å². The van der Waals surface area contributed by atoms with Gasteiger partial charge in [0.25, 0.3) is 0 Å². The van der Waals surface area contributed by atoms with Crippen LogP contribution in [0.5, 0.6) is 0 Å². The number of aliphatic carboxylic acids is 1. The van der Waals surface area contributed by atoms with Crippen molar-refractivity contribution in [2.75, 3.05) is 0 Å². The van der Waals surface area contributed by atoms with Gasteiger partial charge < -0.3 is 9.84 Å². The Bertz CT molecular complexity index is 783. The van der Waals surface area contributed by atoms with E-state index in [0.29, 0.717) is 6.42 Å². The molecule has 4 heteroatoms. The first-order valence-corrected chi connectivity index (χ1v) is 21.5. The van der Waals surface area contributed by atoms with Gasteiger partial charge in [0.2, 0.25) is 0 Å². The summed E-state index contributed by atoms with van der Waals surface area (Å²) in [5.74, 6) is -0.756. The highest BCUT2D eigenvalue weighted by Gasteiger charge is 2.11. The van der Waals surface area contributed by atoms with Gasteiger partial charge in [-0.3, -0.25) is 9.59 Å². The number of hydrogen-bond donors (Lipinski definition) is 1. The van der Waals surface area contributed by atoms with Gasteiger partial charge in [0.05, 0.1) is 0 Å². The maximum absolute atomic E-state index is 12.7. The molecule has 0 bridgehead atoms. The Labute approximate surface area is 305 Å². The lowest BCUT2D eigenvalue weighted by molar-refractivity contribution is -0.147. The van der Waals surface area contributed by atoms with Crippen LogP contribution in [-0.2, 0) is 14.3 Å². The van der Waals surface area contributed by atoms with Gasteiger partial charge >= 0.3 is 11.9 Å². The zero-order chi connectivity index (χ0) is 35.7. The van der Waals surface area contributed by atoms with Crippen LogP contribution in [0.15, 0.2) is 36.5 Å². The molecule has 0 rings (SSSR count). The van der Waals surface area contributed by atoms with Gasteiger partial charge in [0, 0.05) is 12.8 Å². The number of allylic oxidation sites excluding steroid dienone is 5. The second kappa shape index (κ2) is 40.6. The molecule has 4 nitrogen and oxygen atoms in total. The standard InChI is InChI=1S/C45H82O4/c1-3-5-7-9-11-13-14-15-16-17-18-19-20-21-22-23-24-26-28-34-38-42-45(48)49-43(39-35-31-27-25-12-10-8-6-4-2)40-36-32-29-30-33-37-41-44(46)47/h17-18,25,27,35,39,43H,3-16,19-24,26,28-34,36-38,40-42H2,1-2H3,(H,46,47)/b18-17-,27-25-,39-35-. The fourth-order valence-corrected chi connectivity index (χ4v) is 6.36. The normalized spacial score (nSPS) is 12.5. The van der Waals surface area contributed by atoms with Crippen LogP contribution in [0.2, 0.25) is 0 Å². The molecule has 49 heavy (non-hydrogen) atoms. The Morgan fingerprint density at radius 3 is 1.35 bits per heavy atom. The number of carboxylic acid groups (broad SMARTS) is 1. The summed E-state index contributed by atoms with van der Waals surface area (Å²) in [7, 11) is 0. The van der Waals surface area contributed by atoms with Crippen molar-refractivity contribution in [3.8, 4) is 0 Å². The van der Waals surface area contributed by atoms with Crippen molar-refractivity contribution >= 4 is 11.9 Å². The summed E-state index contributed by atoms with van der Waals surface area (Å²) in [5, 5.41) is 8.79. The van der Waals surface area contributed by atoms with Gasteiger partial charge in [0.1, 0.15) is 6.10 Å². The summed E-state index contributed by atoms with van der Waals surface area (Å²) in [6.07, 6.45) is 53.4. The third kappa shape index (κ3) is 40.5. The number of unbranched alkanes of at least 4 members (excludes halogenated alkanes) is 26. The Kier molecular flexibility index (Phi) is 39.1. The quantitative estimate of drug-likeness (QED) is 0.0397. The molecule has 0 fully saturated rings. The van der Waals surface area contributed by atoms with Crippen LogP contribution in [0.4, 0.5) is 0 Å². The largest absolute Gasteiger partial charge is 0.481 e. The maximum Gasteiger partial charge on any atom is 0.306 e. The fourth-order valence-electron chi connectivity index (χ4n) is 6.36. The minimum Gasteiger partial charge on any atom is -0.481 e. The predicted octanol–water partition coefficient (Wildman–Crippen LogP) is 15.0. The van der Waals surface area contributed by atoms with E-state index in [1.807, 2.05) is 0 Å². The van der Waals surface area contributed by atoms with Crippen LogP contribution in [0.3, 0.4) is 0 Å². The van der Waals surface area contributed by atoms with E-state index in [1.165, 1.54) is 135 Å². The van der Waals surface area contributed by atoms with Crippen molar-refractivity contribution in [2.45, 2.75) is 238 Å². The molecule has 1 N–H and O–H groups in total. The van der Waals surface area contributed by atoms with Crippen molar-refractivity contribution in [3.05, 3.63) is 36.5 Å². The zero-order valence-electron chi connectivity index (χ0n) is 32.8. The highest BCUT2D eigenvalue weighted by molar-refractivity contribution is 5.69. The first-order valence-electron chi connectivity index (χ1n) is 21.5. The second-order valence-corrected chi connectivity index (χ2v) is 14.5. The monoisotopic (exact) mass is 687 g/mol. The van der Waals surface area contributed by atoms with Crippen LogP contribution in [0.25, 0.3) is 0 Å². The van der Waals surface area contributed by atoms with Crippen LogP contribution in [0, 0.1) is 0 Å². The minimum absolute atomic E-state index is 0.0540. The number of carbonyl (C=O) groups is 2. The van der Waals surface area contributed by atoms with Gasteiger partial charge in [-0.15, -0.1) is 0 Å². The summed E-state index contributed by atoms with van der Waals surface area (Å²) >= 11 is 0. The molecule has 0 aromatic carbocycles. The van der Waals surface area contributed by atoms with E-state index in [2.05, 4.69) is 50.3 Å². The lowest BCUT2D eigenvalue weighted by atomic mass is 10.0. The van der Waals surface area contributed by atoms with Crippen molar-refractivity contribution in [1.82, 2.24) is 0 Å². The van der Waals surface area contributed by atoms with E-state index >= 15 is 0 Å². The molecule has 0 amide bonds. The lowest BCUT2D eigenvalue weighted by Crippen LogP contribution is -2.16. The van der Waals surface area contributed by atoms with Gasteiger partial charge in [-0.05, 0) is 76.7 Å². The molecule has 0 aliphatic carbocycles. The lowest BCUT2D eigenvalue weighted by Gasteiger charge is -2.14. The van der Waals surface area contributed by atoms with E-state index in [1.54, 1.807) is 0 Å². The van der Waals surface area contributed by atoms with Crippen LogP contribution < -0.4 is 0 Å². The molecule has 0 saturated carbocycles. The first-order chi connectivity index (χ1) is 24.1. The molecule has 0 saturated heterocycles. The molecule has 0 aromatic rings. The SMILES string of the molecule is CCCCCC/C=C\C/C=C\C(CCCCCCCCC(=O)O)OC(=O)CCCCCCCCCCC/C=C\CCCCCCCCCC. The zero-order valence-corrected chi connectivity index (χ0v) is 32.8. The third-order valence-electron chi connectivity index (χ3n) is 9.57. The molecular weight excluding hydrogens is 604 g/mol. The number of hydrogen-bond acceptors (Lipinski definition) is 3. The minimum atomic E-state index is -0.702. The number of carbonyl (C=O) groups excluding carboxylic acids is 1. The number of carboxylic acids is 1. The van der Waals surface area contributed by atoms with Crippen LogP contribution in [-0.4, -0.2) is 23.1 Å². The number of ether oxygens (including phenoxy) is 1. The Hall–Kier alpha value is -1.84. The summed E-state index contributed by atoms with van der Waals surface area (Å²) in [5.41, 5.74) is 0. The van der Waals surface area contributed by atoms with Crippen molar-refractivity contribution in [2.24, 2.45) is 0 Å². The van der Waals surface area contributed by atoms with Gasteiger partial charge in [0.15, 0.2) is 0 Å². The Morgan fingerprint density at radius 1 is 0.469 bits per heavy atom. The average Bonchev–Trinajstić information content (AvgIpc) is 3.09. The van der Waals surface area contributed by atoms with E-state index in [4.69, 9.17) is 9.84 Å². The molecule has 0 heterocycles. The van der Waals surface area contributed by atoms with Gasteiger partial charge in [-0.25, -0.2) is 0 Å². The molecule has 0 aliphatic rings. The van der Waals surface area contributed by atoms with Crippen LogP contribution in [0.1, 0.15) is 232 Å². The first kappa shape index (κ1) is 47.2. The molecule has 1 unspecified atom stereocenters. The van der Waals surface area contributed by atoms with Gasteiger partial charge in [-0.2, -0.15) is 0 Å². The summed E-state index contributed by atoms with van der Waals surface area (Å²) in [6.45, 7) is 4.53. The molecule has 0 aliphatic heterocycles. The Balaban J connectivity index is 3.96. The molecule has 0 radical (unpaired) electrons. The highest BCUT2D eigenvalue weighted by atomic mass is 16.5. The average molecular weight is 687 g/mol. The third-order valence-corrected chi connectivity index (χ3v) is 9.57. The van der Waals surface area contributed by atoms with Crippen molar-refractivity contribution in [3.63, 3.8) is 0 Å². The Morgan fingerprint density at radius 2 is 0.857 bits per heavy atom. The molecule has 1 atom stereocenters. The van der Waals surface area contributed by atoms with E-state index < -0.39 is 5.97 Å². The van der Waals surface area contributed by atoms with Crippen molar-refractivity contribution < 1.29 is 19.4 Å². The summed E-state index contributed by atoms with van der Waals surface area (Å²) < 4.78 is 5.92. The van der Waals surface area contributed by atoms with E-state index in [0.717, 1.165) is 70.6 Å².